The van der Waals surface area contributed by atoms with Crippen LogP contribution in [0.1, 0.15) is 0 Å². The van der Waals surface area contributed by atoms with Gasteiger partial charge < -0.3 is 9.80 Å². The molecule has 0 atom stereocenters. The highest BCUT2D eigenvalue weighted by atomic mass is 35.5. The first-order valence-corrected chi connectivity index (χ1v) is 9.15. The molecule has 1 fully saturated rings. The van der Waals surface area contributed by atoms with Gasteiger partial charge in [-0.05, 0) is 31.3 Å². The topological polar surface area (TPSA) is 52.6 Å². The Balaban J connectivity index is 0.00000208. The van der Waals surface area contributed by atoms with E-state index in [1.165, 1.54) is 0 Å². The van der Waals surface area contributed by atoms with E-state index in [4.69, 9.17) is 0 Å². The normalized spacial score (nSPS) is 15.6. The van der Waals surface area contributed by atoms with Crippen LogP contribution < -0.4 is 9.62 Å². The minimum Gasteiger partial charge on any atom is -0.367 e. The Morgan fingerprint density at radius 3 is 2.12 bits per heavy atom. The smallest absolute Gasteiger partial charge is 0.261 e. The second-order valence-electron chi connectivity index (χ2n) is 5.73. The van der Waals surface area contributed by atoms with Crippen LogP contribution in [-0.2, 0) is 10.0 Å². The molecule has 0 saturated carbocycles. The summed E-state index contributed by atoms with van der Waals surface area (Å²) in [5.74, 6) is 0. The number of hydrogen-bond acceptors (Lipinski definition) is 4. The molecule has 7 heteroatoms. The number of likely N-dealkylation sites (N-methyl/N-ethyl adjacent to an activating group) is 1. The summed E-state index contributed by atoms with van der Waals surface area (Å²) < 4.78 is 27.8. The van der Waals surface area contributed by atoms with Gasteiger partial charge in [-0.15, -0.1) is 12.4 Å². The molecule has 1 aliphatic heterocycles. The van der Waals surface area contributed by atoms with Gasteiger partial charge in [0.25, 0.3) is 10.0 Å². The highest BCUT2D eigenvalue weighted by Gasteiger charge is 2.20. The van der Waals surface area contributed by atoms with Crippen molar-refractivity contribution in [3.63, 3.8) is 0 Å². The lowest BCUT2D eigenvalue weighted by Gasteiger charge is -2.35. The first-order chi connectivity index (χ1) is 11.1. The van der Waals surface area contributed by atoms with Crippen LogP contribution in [0.4, 0.5) is 11.4 Å². The Labute approximate surface area is 149 Å². The molecular formula is C17H22ClN3O2S. The van der Waals surface area contributed by atoms with Gasteiger partial charge >= 0.3 is 0 Å². The largest absolute Gasteiger partial charge is 0.367 e. The van der Waals surface area contributed by atoms with Crippen molar-refractivity contribution >= 4 is 33.8 Å². The van der Waals surface area contributed by atoms with Gasteiger partial charge in [0.1, 0.15) is 0 Å². The lowest BCUT2D eigenvalue weighted by atomic mass is 10.2. The molecule has 0 aromatic heterocycles. The van der Waals surface area contributed by atoms with Crippen LogP contribution >= 0.6 is 12.4 Å². The van der Waals surface area contributed by atoms with Gasteiger partial charge in [0.2, 0.25) is 0 Å². The van der Waals surface area contributed by atoms with Crippen LogP contribution in [0, 0.1) is 0 Å². The number of hydrogen-bond donors (Lipinski definition) is 1. The van der Waals surface area contributed by atoms with E-state index in [0.29, 0.717) is 5.69 Å². The molecule has 0 spiro atoms. The van der Waals surface area contributed by atoms with E-state index in [0.717, 1.165) is 31.9 Å². The van der Waals surface area contributed by atoms with Crippen molar-refractivity contribution in [1.82, 2.24) is 4.90 Å². The van der Waals surface area contributed by atoms with E-state index in [-0.39, 0.29) is 17.3 Å². The van der Waals surface area contributed by atoms with Crippen molar-refractivity contribution in [2.45, 2.75) is 4.90 Å². The van der Waals surface area contributed by atoms with Crippen LogP contribution in [0.25, 0.3) is 0 Å². The molecular weight excluding hydrogens is 346 g/mol. The summed E-state index contributed by atoms with van der Waals surface area (Å²) in [6, 6.07) is 16.0. The molecule has 0 bridgehead atoms. The van der Waals surface area contributed by atoms with Crippen molar-refractivity contribution in [1.29, 1.82) is 0 Å². The summed E-state index contributed by atoms with van der Waals surface area (Å²) >= 11 is 0. The number of nitrogens with one attached hydrogen (secondary N) is 1. The summed E-state index contributed by atoms with van der Waals surface area (Å²) in [4.78, 5) is 4.77. The van der Waals surface area contributed by atoms with Crippen LogP contribution in [0.15, 0.2) is 59.5 Å². The van der Waals surface area contributed by atoms with Crippen LogP contribution in [-0.4, -0.2) is 46.5 Å². The van der Waals surface area contributed by atoms with Crippen molar-refractivity contribution < 1.29 is 8.42 Å². The van der Waals surface area contributed by atoms with Crippen molar-refractivity contribution in [2.75, 3.05) is 42.8 Å². The molecule has 0 unspecified atom stereocenters. The Morgan fingerprint density at radius 1 is 0.875 bits per heavy atom. The van der Waals surface area contributed by atoms with Crippen LogP contribution in [0.5, 0.6) is 0 Å². The van der Waals surface area contributed by atoms with Crippen molar-refractivity contribution in [3.8, 4) is 0 Å². The Morgan fingerprint density at radius 2 is 1.46 bits per heavy atom. The second kappa shape index (κ2) is 7.88. The standard InChI is InChI=1S/C17H21N3O2S.ClH/c1-19-11-13-20(14-12-19)17-10-6-5-9-16(17)18-23(21,22)15-7-3-2-4-8-15;/h2-10,18H,11-14H2,1H3;1H. The molecule has 1 N–H and O–H groups in total. The summed E-state index contributed by atoms with van der Waals surface area (Å²) in [5, 5.41) is 0. The van der Waals surface area contributed by atoms with Gasteiger partial charge in [-0.25, -0.2) is 8.42 Å². The summed E-state index contributed by atoms with van der Waals surface area (Å²) in [7, 11) is -1.47. The number of nitrogens with zero attached hydrogens (tertiary/aromatic N) is 2. The maximum Gasteiger partial charge on any atom is 0.261 e. The highest BCUT2D eigenvalue weighted by molar-refractivity contribution is 7.92. The average Bonchev–Trinajstić information content (AvgIpc) is 2.57. The third kappa shape index (κ3) is 4.20. The predicted octanol–water partition coefficient (Wildman–Crippen LogP) is 2.66. The minimum absolute atomic E-state index is 0. The van der Waals surface area contributed by atoms with Gasteiger partial charge in [-0.3, -0.25) is 4.72 Å². The Bertz CT molecular complexity index is 760. The zero-order valence-electron chi connectivity index (χ0n) is 13.6. The lowest BCUT2D eigenvalue weighted by Crippen LogP contribution is -2.44. The summed E-state index contributed by atoms with van der Waals surface area (Å²) in [6.07, 6.45) is 0. The molecule has 0 radical (unpaired) electrons. The number of benzene rings is 2. The predicted molar refractivity (Wildman–Crippen MR) is 101 cm³/mol. The molecule has 24 heavy (non-hydrogen) atoms. The first kappa shape index (κ1) is 18.6. The number of rotatable bonds is 4. The zero-order chi connectivity index (χ0) is 16.3. The molecule has 2 aromatic carbocycles. The molecule has 3 rings (SSSR count). The molecule has 0 amide bonds. The maximum atomic E-state index is 12.6. The highest BCUT2D eigenvalue weighted by Crippen LogP contribution is 2.28. The number of halogens is 1. The third-order valence-electron chi connectivity index (χ3n) is 4.05. The molecule has 1 saturated heterocycles. The number of anilines is 2. The second-order valence-corrected chi connectivity index (χ2v) is 7.41. The third-order valence-corrected chi connectivity index (χ3v) is 5.43. The van der Waals surface area contributed by atoms with Crippen molar-refractivity contribution in [3.05, 3.63) is 54.6 Å². The van der Waals surface area contributed by atoms with Crippen LogP contribution in [0.2, 0.25) is 0 Å². The number of sulfonamides is 1. The van der Waals surface area contributed by atoms with E-state index in [9.17, 15) is 8.42 Å². The van der Waals surface area contributed by atoms with E-state index in [1.54, 1.807) is 30.3 Å². The monoisotopic (exact) mass is 367 g/mol. The fourth-order valence-electron chi connectivity index (χ4n) is 2.69. The molecule has 1 aliphatic rings. The first-order valence-electron chi connectivity index (χ1n) is 7.67. The fraction of sp³-hybridized carbons (Fsp3) is 0.294. The minimum atomic E-state index is -3.57. The molecule has 0 aliphatic carbocycles. The van der Waals surface area contributed by atoms with E-state index >= 15 is 0 Å². The van der Waals surface area contributed by atoms with Gasteiger partial charge in [-0.1, -0.05) is 30.3 Å². The molecule has 1 heterocycles. The van der Waals surface area contributed by atoms with E-state index in [2.05, 4.69) is 21.6 Å². The fourth-order valence-corrected chi connectivity index (χ4v) is 3.78. The summed E-state index contributed by atoms with van der Waals surface area (Å²) in [6.45, 7) is 3.72. The maximum absolute atomic E-state index is 12.6. The lowest BCUT2D eigenvalue weighted by molar-refractivity contribution is 0.313. The van der Waals surface area contributed by atoms with Crippen molar-refractivity contribution in [2.24, 2.45) is 0 Å². The summed E-state index contributed by atoms with van der Waals surface area (Å²) in [5.41, 5.74) is 1.56. The zero-order valence-corrected chi connectivity index (χ0v) is 15.2. The van der Waals surface area contributed by atoms with E-state index < -0.39 is 10.0 Å². The molecule has 5 nitrogen and oxygen atoms in total. The van der Waals surface area contributed by atoms with Gasteiger partial charge in [0.15, 0.2) is 0 Å². The van der Waals surface area contributed by atoms with Gasteiger partial charge in [0.05, 0.1) is 16.3 Å². The van der Waals surface area contributed by atoms with Gasteiger partial charge in [0, 0.05) is 26.2 Å². The average molecular weight is 368 g/mol. The van der Waals surface area contributed by atoms with Crippen LogP contribution in [0.3, 0.4) is 0 Å². The SMILES string of the molecule is CN1CCN(c2ccccc2NS(=O)(=O)c2ccccc2)CC1.Cl. The number of piperazine rings is 1. The van der Waals surface area contributed by atoms with Gasteiger partial charge in [-0.2, -0.15) is 0 Å². The Hall–Kier alpha value is -1.76. The molecule has 2 aromatic rings. The quantitative estimate of drug-likeness (QED) is 0.902. The Kier molecular flexibility index (Phi) is 6.10. The molecule has 130 valence electrons. The van der Waals surface area contributed by atoms with E-state index in [1.807, 2.05) is 24.3 Å². The number of para-hydroxylation sites is 2.